The third-order valence-corrected chi connectivity index (χ3v) is 3.52. The van der Waals surface area contributed by atoms with Crippen molar-refractivity contribution < 1.29 is 14.7 Å². The van der Waals surface area contributed by atoms with Gasteiger partial charge in [0.05, 0.1) is 0 Å². The summed E-state index contributed by atoms with van der Waals surface area (Å²) >= 11 is 3.35. The summed E-state index contributed by atoms with van der Waals surface area (Å²) in [6.07, 6.45) is 4.68. The molecule has 118 valence electrons. The van der Waals surface area contributed by atoms with Crippen LogP contribution < -0.4 is 5.32 Å². The van der Waals surface area contributed by atoms with Crippen LogP contribution >= 0.6 is 28.3 Å². The highest BCUT2D eigenvalue weighted by Crippen LogP contribution is 2.17. The van der Waals surface area contributed by atoms with Gasteiger partial charge in [-0.15, -0.1) is 12.4 Å². The Balaban J connectivity index is 0.00000400. The van der Waals surface area contributed by atoms with E-state index in [0.717, 1.165) is 54.2 Å². The van der Waals surface area contributed by atoms with E-state index in [1.54, 1.807) is 0 Å². The van der Waals surface area contributed by atoms with E-state index in [0.29, 0.717) is 6.42 Å². The first-order valence-electron chi connectivity index (χ1n) is 6.79. The number of aliphatic carboxylic acids is 1. The van der Waals surface area contributed by atoms with Crippen LogP contribution in [0.2, 0.25) is 0 Å². The highest BCUT2D eigenvalue weighted by molar-refractivity contribution is 9.10. The van der Waals surface area contributed by atoms with Crippen molar-refractivity contribution in [1.29, 1.82) is 0 Å². The van der Waals surface area contributed by atoms with Gasteiger partial charge in [-0.3, -0.25) is 9.59 Å². The number of carbonyl (C=O) groups is 2. The molecule has 2 N–H and O–H groups in total. The third-order valence-electron chi connectivity index (χ3n) is 3.03. The predicted octanol–water partition coefficient (Wildman–Crippen LogP) is 3.46. The molecule has 0 saturated carbocycles. The van der Waals surface area contributed by atoms with Gasteiger partial charge in [-0.05, 0) is 56.5 Å². The van der Waals surface area contributed by atoms with Gasteiger partial charge in [0.25, 0.3) is 0 Å². The number of benzene rings is 1. The molecule has 21 heavy (non-hydrogen) atoms. The van der Waals surface area contributed by atoms with Crippen LogP contribution in [0.4, 0.5) is 0 Å². The first-order chi connectivity index (χ1) is 9.63. The highest BCUT2D eigenvalue weighted by atomic mass is 79.9. The van der Waals surface area contributed by atoms with Crippen molar-refractivity contribution in [3.05, 3.63) is 33.8 Å². The Morgan fingerprint density at radius 3 is 2.62 bits per heavy atom. The topological polar surface area (TPSA) is 66.4 Å². The average molecular weight is 379 g/mol. The predicted molar refractivity (Wildman–Crippen MR) is 89.5 cm³/mol. The molecule has 0 aliphatic carbocycles. The average Bonchev–Trinajstić information content (AvgIpc) is 2.42. The maximum Gasteiger partial charge on any atom is 0.303 e. The molecule has 6 heteroatoms. The fourth-order valence-electron chi connectivity index (χ4n) is 1.96. The van der Waals surface area contributed by atoms with Crippen molar-refractivity contribution in [2.75, 3.05) is 13.1 Å². The number of aryl methyl sites for hydroxylation is 1. The Morgan fingerprint density at radius 1 is 1.24 bits per heavy atom. The lowest BCUT2D eigenvalue weighted by molar-refractivity contribution is -0.137. The monoisotopic (exact) mass is 377 g/mol. The molecule has 0 atom stereocenters. The summed E-state index contributed by atoms with van der Waals surface area (Å²) in [6.45, 7) is 1.62. The second kappa shape index (κ2) is 11.7. The van der Waals surface area contributed by atoms with Crippen LogP contribution in [0.15, 0.2) is 22.7 Å². The van der Waals surface area contributed by atoms with Crippen molar-refractivity contribution in [2.45, 2.75) is 32.1 Å². The van der Waals surface area contributed by atoms with Crippen molar-refractivity contribution in [1.82, 2.24) is 5.32 Å². The Bertz CT molecular complexity index is 455. The smallest absolute Gasteiger partial charge is 0.303 e. The first-order valence-corrected chi connectivity index (χ1v) is 7.59. The number of hydrogen-bond donors (Lipinski definition) is 2. The number of carbonyl (C=O) groups excluding carboxylic acids is 1. The fourth-order valence-corrected chi connectivity index (χ4v) is 2.34. The molecule has 1 rings (SSSR count). The zero-order valence-electron chi connectivity index (χ0n) is 11.8. The van der Waals surface area contributed by atoms with Gasteiger partial charge in [0.15, 0.2) is 0 Å². The molecule has 0 aromatic heterocycles. The molecule has 0 spiro atoms. The lowest BCUT2D eigenvalue weighted by atomic mass is 10.0. The van der Waals surface area contributed by atoms with Crippen LogP contribution in [0.5, 0.6) is 0 Å². The molecule has 0 aliphatic heterocycles. The molecular formula is C15H21BrClNO3. The maximum atomic E-state index is 11.0. The Morgan fingerprint density at radius 2 is 1.95 bits per heavy atom. The Labute approximate surface area is 139 Å². The van der Waals surface area contributed by atoms with Crippen molar-refractivity contribution >= 4 is 40.6 Å². The largest absolute Gasteiger partial charge is 0.481 e. The third kappa shape index (κ3) is 8.86. The minimum atomic E-state index is -0.747. The van der Waals surface area contributed by atoms with Gasteiger partial charge in [-0.2, -0.15) is 0 Å². The highest BCUT2D eigenvalue weighted by Gasteiger charge is 2.02. The van der Waals surface area contributed by atoms with Crippen molar-refractivity contribution in [3.8, 4) is 0 Å². The number of nitrogens with one attached hydrogen (secondary N) is 1. The van der Waals surface area contributed by atoms with Crippen LogP contribution in [-0.2, 0) is 11.2 Å². The number of carboxylic acids is 1. The van der Waals surface area contributed by atoms with Gasteiger partial charge in [-0.1, -0.05) is 22.0 Å². The standard InChI is InChI=1S/C15H20BrNO3.ClH/c16-14-7-6-12(13(10-14)11-18)4-1-2-8-17-9-3-5-15(19)20;/h6-7,10-11,17H,1-5,8-9H2,(H,19,20);1H. The molecule has 4 nitrogen and oxygen atoms in total. The lowest BCUT2D eigenvalue weighted by Gasteiger charge is -2.06. The van der Waals surface area contributed by atoms with E-state index in [4.69, 9.17) is 5.11 Å². The molecule has 0 amide bonds. The van der Waals surface area contributed by atoms with Gasteiger partial charge < -0.3 is 10.4 Å². The van der Waals surface area contributed by atoms with Gasteiger partial charge in [-0.25, -0.2) is 0 Å². The van der Waals surface area contributed by atoms with E-state index >= 15 is 0 Å². The molecule has 0 bridgehead atoms. The zero-order valence-corrected chi connectivity index (χ0v) is 14.2. The van der Waals surface area contributed by atoms with Crippen LogP contribution in [0.3, 0.4) is 0 Å². The number of unbranched alkanes of at least 4 members (excludes halogenated alkanes) is 1. The molecule has 0 radical (unpaired) electrons. The lowest BCUT2D eigenvalue weighted by Crippen LogP contribution is -2.17. The maximum absolute atomic E-state index is 11.0. The molecule has 1 aromatic rings. The van der Waals surface area contributed by atoms with Gasteiger partial charge in [0.1, 0.15) is 6.29 Å². The minimum absolute atomic E-state index is 0. The number of rotatable bonds is 10. The molecule has 0 fully saturated rings. The SMILES string of the molecule is Cl.O=Cc1cc(Br)ccc1CCCCNCCCC(=O)O. The second-order valence-corrected chi connectivity index (χ2v) is 5.58. The zero-order chi connectivity index (χ0) is 14.8. The summed E-state index contributed by atoms with van der Waals surface area (Å²) in [5.41, 5.74) is 1.82. The number of carboxylic acid groups (broad SMARTS) is 1. The normalized spacial score (nSPS) is 9.95. The number of aldehydes is 1. The fraction of sp³-hybridized carbons (Fsp3) is 0.467. The molecule has 1 aromatic carbocycles. The van der Waals surface area contributed by atoms with Gasteiger partial charge >= 0.3 is 5.97 Å². The van der Waals surface area contributed by atoms with Crippen LogP contribution in [-0.4, -0.2) is 30.5 Å². The van der Waals surface area contributed by atoms with E-state index in [9.17, 15) is 9.59 Å². The van der Waals surface area contributed by atoms with Gasteiger partial charge in [0, 0.05) is 16.5 Å². The second-order valence-electron chi connectivity index (χ2n) is 4.67. The summed E-state index contributed by atoms with van der Waals surface area (Å²) in [5.74, 6) is -0.747. The number of hydrogen-bond acceptors (Lipinski definition) is 3. The Kier molecular flexibility index (Phi) is 11.2. The summed E-state index contributed by atoms with van der Waals surface area (Å²) < 4.78 is 0.920. The molecule has 0 aliphatic rings. The molecule has 0 unspecified atom stereocenters. The van der Waals surface area contributed by atoms with E-state index in [1.165, 1.54) is 0 Å². The summed E-state index contributed by atoms with van der Waals surface area (Å²) in [7, 11) is 0. The quantitative estimate of drug-likeness (QED) is 0.483. The van der Waals surface area contributed by atoms with Crippen LogP contribution in [0.1, 0.15) is 41.6 Å². The molecular weight excluding hydrogens is 358 g/mol. The number of halogens is 2. The van der Waals surface area contributed by atoms with Gasteiger partial charge in [0.2, 0.25) is 0 Å². The first kappa shape index (κ1) is 20.1. The minimum Gasteiger partial charge on any atom is -0.481 e. The van der Waals surface area contributed by atoms with Crippen molar-refractivity contribution in [3.63, 3.8) is 0 Å². The van der Waals surface area contributed by atoms with E-state index in [1.807, 2.05) is 18.2 Å². The summed E-state index contributed by atoms with van der Waals surface area (Å²) in [4.78, 5) is 21.3. The van der Waals surface area contributed by atoms with E-state index in [2.05, 4.69) is 21.2 Å². The van der Waals surface area contributed by atoms with Crippen LogP contribution in [0, 0.1) is 0 Å². The molecule has 0 saturated heterocycles. The van der Waals surface area contributed by atoms with Crippen LogP contribution in [0.25, 0.3) is 0 Å². The van der Waals surface area contributed by atoms with Crippen molar-refractivity contribution in [2.24, 2.45) is 0 Å². The van der Waals surface area contributed by atoms with E-state index < -0.39 is 5.97 Å². The Hall–Kier alpha value is -0.910. The summed E-state index contributed by atoms with van der Waals surface area (Å²) in [6, 6.07) is 5.77. The summed E-state index contributed by atoms with van der Waals surface area (Å²) in [5, 5.41) is 11.7. The van der Waals surface area contributed by atoms with E-state index in [-0.39, 0.29) is 18.8 Å². The molecule has 0 heterocycles.